The Hall–Kier alpha value is -2.20. The van der Waals surface area contributed by atoms with Crippen LogP contribution >= 0.6 is 0 Å². The third kappa shape index (κ3) is 4.61. The lowest BCUT2D eigenvalue weighted by atomic mass is 9.94. The van der Waals surface area contributed by atoms with Gasteiger partial charge in [0.25, 0.3) is 5.56 Å². The minimum atomic E-state index is -0.0762. The molecule has 1 atom stereocenters. The Labute approximate surface area is 168 Å². The fourth-order valence-electron chi connectivity index (χ4n) is 4.34. The van der Waals surface area contributed by atoms with Crippen LogP contribution in [-0.2, 0) is 6.42 Å². The highest BCUT2D eigenvalue weighted by Crippen LogP contribution is 2.26. The first kappa shape index (κ1) is 20.5. The van der Waals surface area contributed by atoms with Crippen molar-refractivity contribution in [3.8, 4) is 0 Å². The second kappa shape index (κ2) is 8.87. The molecule has 1 aromatic carbocycles. The second-order valence-electron chi connectivity index (χ2n) is 8.21. The van der Waals surface area contributed by atoms with Crippen LogP contribution in [0.1, 0.15) is 77.0 Å². The number of pyridine rings is 1. The summed E-state index contributed by atoms with van der Waals surface area (Å²) in [6, 6.07) is 8.58. The molecule has 1 fully saturated rings. The quantitative estimate of drug-likeness (QED) is 0.742. The van der Waals surface area contributed by atoms with Gasteiger partial charge in [-0.05, 0) is 82.8 Å². The summed E-state index contributed by atoms with van der Waals surface area (Å²) in [5.74, 6) is 0.106. The number of H-pyrrole nitrogens is 1. The molecule has 0 saturated carbocycles. The van der Waals surface area contributed by atoms with E-state index in [4.69, 9.17) is 0 Å². The van der Waals surface area contributed by atoms with Crippen molar-refractivity contribution in [1.82, 2.24) is 9.88 Å². The van der Waals surface area contributed by atoms with Crippen molar-refractivity contribution in [3.05, 3.63) is 68.1 Å². The van der Waals surface area contributed by atoms with Crippen molar-refractivity contribution in [1.29, 1.82) is 0 Å². The summed E-state index contributed by atoms with van der Waals surface area (Å²) in [4.78, 5) is 30.3. The zero-order chi connectivity index (χ0) is 20.3. The summed E-state index contributed by atoms with van der Waals surface area (Å²) < 4.78 is 0. The average Bonchev–Trinajstić information content (AvgIpc) is 2.67. The molecule has 1 N–H and O–H groups in total. The lowest BCUT2D eigenvalue weighted by Gasteiger charge is -2.32. The van der Waals surface area contributed by atoms with Crippen LogP contribution in [0.3, 0.4) is 0 Å². The minimum Gasteiger partial charge on any atom is -0.326 e. The van der Waals surface area contributed by atoms with Crippen LogP contribution in [0.2, 0.25) is 0 Å². The number of likely N-dealkylation sites (tertiary alicyclic amines) is 1. The van der Waals surface area contributed by atoms with Crippen LogP contribution in [0.25, 0.3) is 0 Å². The summed E-state index contributed by atoms with van der Waals surface area (Å²) in [6.45, 7) is 10.4. The van der Waals surface area contributed by atoms with Gasteiger partial charge in [0, 0.05) is 29.3 Å². The van der Waals surface area contributed by atoms with E-state index in [1.807, 2.05) is 32.9 Å². The Morgan fingerprint density at radius 2 is 1.79 bits per heavy atom. The highest BCUT2D eigenvalue weighted by Gasteiger charge is 2.19. The lowest BCUT2D eigenvalue weighted by molar-refractivity contribution is 0.0982. The number of ketones is 1. The molecular formula is C24H32N2O2. The molecule has 28 heavy (non-hydrogen) atoms. The molecule has 0 aliphatic carbocycles. The van der Waals surface area contributed by atoms with Crippen LogP contribution in [0.4, 0.5) is 0 Å². The molecule has 150 valence electrons. The third-order valence-corrected chi connectivity index (χ3v) is 6.07. The standard InChI is InChI=1S/C24H32N2O2/c1-16-14-18(3)25-24(28)22(16)10-11-23(27)21-9-8-20(15-17(21)2)19(4)26-12-6-5-7-13-26/h8-9,14-15,19H,5-7,10-13H2,1-4H3,(H,25,28). The second-order valence-corrected chi connectivity index (χ2v) is 8.21. The SMILES string of the molecule is Cc1cc(C)c(CCC(=O)c2ccc(C(C)N3CCCCC3)cc2C)c(=O)[nH]1. The number of aromatic nitrogens is 1. The maximum absolute atomic E-state index is 12.8. The first-order valence-corrected chi connectivity index (χ1v) is 10.4. The fraction of sp³-hybridized carbons (Fsp3) is 0.500. The van der Waals surface area contributed by atoms with Gasteiger partial charge in [-0.3, -0.25) is 14.5 Å². The van der Waals surface area contributed by atoms with Crippen LogP contribution < -0.4 is 5.56 Å². The van der Waals surface area contributed by atoms with Crippen LogP contribution in [-0.4, -0.2) is 28.8 Å². The van der Waals surface area contributed by atoms with E-state index in [1.165, 1.54) is 24.8 Å². The highest BCUT2D eigenvalue weighted by molar-refractivity contribution is 5.97. The number of benzene rings is 1. The largest absolute Gasteiger partial charge is 0.326 e. The van der Waals surface area contributed by atoms with E-state index in [9.17, 15) is 9.59 Å². The summed E-state index contributed by atoms with van der Waals surface area (Å²) in [7, 11) is 0. The molecule has 1 aliphatic heterocycles. The molecule has 1 aromatic heterocycles. The first-order valence-electron chi connectivity index (χ1n) is 10.4. The number of aromatic amines is 1. The Morgan fingerprint density at radius 1 is 1.07 bits per heavy atom. The van der Waals surface area contributed by atoms with Gasteiger partial charge in [-0.1, -0.05) is 24.6 Å². The monoisotopic (exact) mass is 380 g/mol. The summed E-state index contributed by atoms with van der Waals surface area (Å²) in [5, 5.41) is 0. The average molecular weight is 381 g/mol. The number of nitrogens with one attached hydrogen (secondary N) is 1. The number of piperidine rings is 1. The number of carbonyl (C=O) groups excluding carboxylic acids is 1. The van der Waals surface area contributed by atoms with Gasteiger partial charge in [0.2, 0.25) is 0 Å². The van der Waals surface area contributed by atoms with E-state index >= 15 is 0 Å². The van der Waals surface area contributed by atoms with Gasteiger partial charge in [-0.25, -0.2) is 0 Å². The van der Waals surface area contributed by atoms with Crippen molar-refractivity contribution in [2.45, 2.75) is 65.8 Å². The smallest absolute Gasteiger partial charge is 0.251 e. The van der Waals surface area contributed by atoms with Crippen molar-refractivity contribution >= 4 is 5.78 Å². The van der Waals surface area contributed by atoms with Crippen LogP contribution in [0, 0.1) is 20.8 Å². The normalized spacial score (nSPS) is 16.1. The van der Waals surface area contributed by atoms with Gasteiger partial charge < -0.3 is 4.98 Å². The Balaban J connectivity index is 1.70. The molecule has 2 aromatic rings. The molecule has 0 spiro atoms. The molecule has 1 unspecified atom stereocenters. The molecule has 2 heterocycles. The van der Waals surface area contributed by atoms with Crippen molar-refractivity contribution in [2.24, 2.45) is 0 Å². The number of hydrogen-bond acceptors (Lipinski definition) is 3. The Bertz CT molecular complexity index is 907. The number of hydrogen-bond donors (Lipinski definition) is 1. The predicted molar refractivity (Wildman–Crippen MR) is 114 cm³/mol. The van der Waals surface area contributed by atoms with Gasteiger partial charge in [-0.15, -0.1) is 0 Å². The zero-order valence-corrected chi connectivity index (χ0v) is 17.6. The maximum atomic E-state index is 12.8. The van der Waals surface area contributed by atoms with Gasteiger partial charge in [-0.2, -0.15) is 0 Å². The number of Topliss-reactive ketones (excluding diaryl/α,β-unsaturated/α-hetero) is 1. The summed E-state index contributed by atoms with van der Waals surface area (Å²) in [5.41, 5.74) is 5.53. The van der Waals surface area contributed by atoms with E-state index in [0.717, 1.165) is 35.5 Å². The fourth-order valence-corrected chi connectivity index (χ4v) is 4.34. The van der Waals surface area contributed by atoms with Crippen molar-refractivity contribution in [3.63, 3.8) is 0 Å². The zero-order valence-electron chi connectivity index (χ0n) is 17.6. The first-order chi connectivity index (χ1) is 13.4. The Morgan fingerprint density at radius 3 is 2.43 bits per heavy atom. The van der Waals surface area contributed by atoms with E-state index < -0.39 is 0 Å². The molecule has 0 amide bonds. The van der Waals surface area contributed by atoms with Gasteiger partial charge >= 0.3 is 0 Å². The maximum Gasteiger partial charge on any atom is 0.251 e. The lowest BCUT2D eigenvalue weighted by Crippen LogP contribution is -2.32. The van der Waals surface area contributed by atoms with E-state index in [1.54, 1.807) is 0 Å². The number of nitrogens with zero attached hydrogens (tertiary/aromatic N) is 1. The van der Waals surface area contributed by atoms with Gasteiger partial charge in [0.15, 0.2) is 5.78 Å². The van der Waals surface area contributed by atoms with E-state index in [2.05, 4.69) is 28.9 Å². The minimum absolute atomic E-state index is 0.0762. The number of rotatable bonds is 6. The van der Waals surface area contributed by atoms with Gasteiger partial charge in [0.1, 0.15) is 0 Å². The molecule has 4 nitrogen and oxygen atoms in total. The topological polar surface area (TPSA) is 53.2 Å². The van der Waals surface area contributed by atoms with Crippen molar-refractivity contribution in [2.75, 3.05) is 13.1 Å². The van der Waals surface area contributed by atoms with Crippen LogP contribution in [0.15, 0.2) is 29.1 Å². The Kier molecular flexibility index (Phi) is 6.50. The molecule has 0 radical (unpaired) electrons. The van der Waals surface area contributed by atoms with Crippen molar-refractivity contribution < 1.29 is 4.79 Å². The highest BCUT2D eigenvalue weighted by atomic mass is 16.1. The van der Waals surface area contributed by atoms with Crippen LogP contribution in [0.5, 0.6) is 0 Å². The van der Waals surface area contributed by atoms with E-state index in [-0.39, 0.29) is 11.3 Å². The number of carbonyl (C=O) groups is 1. The molecule has 4 heteroatoms. The molecular weight excluding hydrogens is 348 g/mol. The van der Waals surface area contributed by atoms with Gasteiger partial charge in [0.05, 0.1) is 0 Å². The summed E-state index contributed by atoms with van der Waals surface area (Å²) in [6.07, 6.45) is 4.72. The summed E-state index contributed by atoms with van der Waals surface area (Å²) >= 11 is 0. The molecule has 0 bridgehead atoms. The molecule has 3 rings (SSSR count). The predicted octanol–water partition coefficient (Wildman–Crippen LogP) is 4.66. The van der Waals surface area contributed by atoms with E-state index in [0.29, 0.717) is 24.4 Å². The number of aryl methyl sites for hydroxylation is 3. The molecule has 1 aliphatic rings. The third-order valence-electron chi connectivity index (χ3n) is 6.07. The molecule has 1 saturated heterocycles.